The average Bonchev–Trinajstić information content (AvgIpc) is 3.19. The molecule has 30 heavy (non-hydrogen) atoms. The van der Waals surface area contributed by atoms with Gasteiger partial charge in [-0.05, 0) is 30.5 Å². The molecule has 0 unspecified atom stereocenters. The van der Waals surface area contributed by atoms with E-state index in [1.807, 2.05) is 59.5 Å². The quantitative estimate of drug-likeness (QED) is 0.680. The first-order valence-electron chi connectivity index (χ1n) is 9.91. The van der Waals surface area contributed by atoms with Gasteiger partial charge >= 0.3 is 0 Å². The molecule has 2 saturated heterocycles. The van der Waals surface area contributed by atoms with Crippen LogP contribution in [-0.2, 0) is 21.1 Å². The topological polar surface area (TPSA) is 76.0 Å². The van der Waals surface area contributed by atoms with Crippen molar-refractivity contribution in [3.05, 3.63) is 60.2 Å². The van der Waals surface area contributed by atoms with Gasteiger partial charge in [-0.1, -0.05) is 54.2 Å². The summed E-state index contributed by atoms with van der Waals surface area (Å²) in [5, 5.41) is 0.435. The molecule has 4 rings (SSSR count). The van der Waals surface area contributed by atoms with Gasteiger partial charge in [-0.25, -0.2) is 8.42 Å². The van der Waals surface area contributed by atoms with Gasteiger partial charge in [-0.2, -0.15) is 4.99 Å². The highest BCUT2D eigenvalue weighted by Gasteiger charge is 2.49. The lowest BCUT2D eigenvalue weighted by Crippen LogP contribution is -2.38. The Morgan fingerprint density at radius 1 is 1.13 bits per heavy atom. The maximum Gasteiger partial charge on any atom is 0.248 e. The van der Waals surface area contributed by atoms with E-state index in [1.165, 1.54) is 17.3 Å². The average molecular weight is 445 g/mol. The molecule has 0 radical (unpaired) electrons. The van der Waals surface area contributed by atoms with Crippen LogP contribution in [0.4, 0.5) is 5.69 Å². The number of para-hydroxylation sites is 2. The number of hydrogen-bond acceptors (Lipinski definition) is 5. The number of carbonyl (C=O) groups excluding carboxylic acids is 1. The van der Waals surface area contributed by atoms with Gasteiger partial charge in [0.2, 0.25) is 5.91 Å². The number of amidine groups is 1. The number of nitrogens with zero attached hydrogens (tertiary/aromatic N) is 2. The normalized spacial score (nSPS) is 23.5. The molecule has 2 atom stereocenters. The molecule has 2 fully saturated rings. The van der Waals surface area contributed by atoms with Crippen LogP contribution in [0.1, 0.15) is 18.4 Å². The minimum absolute atomic E-state index is 0.0595. The number of aryl methyl sites for hydroxylation is 1. The second-order valence-corrected chi connectivity index (χ2v) is 10.8. The fourth-order valence-electron chi connectivity index (χ4n) is 3.93. The lowest BCUT2D eigenvalue weighted by molar-refractivity contribution is -0.117. The fourth-order valence-corrected chi connectivity index (χ4v) is 7.85. The summed E-state index contributed by atoms with van der Waals surface area (Å²) in [5.74, 6) is 0.613. The lowest BCUT2D eigenvalue weighted by atomic mass is 10.1. The molecule has 0 aliphatic carbocycles. The molecule has 2 aliphatic rings. The largest absolute Gasteiger partial charge is 0.495 e. The summed E-state index contributed by atoms with van der Waals surface area (Å²) in [6, 6.07) is 17.3. The van der Waals surface area contributed by atoms with E-state index < -0.39 is 9.84 Å². The van der Waals surface area contributed by atoms with Gasteiger partial charge in [0.15, 0.2) is 15.0 Å². The van der Waals surface area contributed by atoms with Gasteiger partial charge in [-0.3, -0.25) is 4.79 Å². The fraction of sp³-hybridized carbons (Fsp3) is 0.364. The van der Waals surface area contributed by atoms with Gasteiger partial charge in [0.25, 0.3) is 0 Å². The van der Waals surface area contributed by atoms with Gasteiger partial charge in [0, 0.05) is 11.7 Å². The maximum absolute atomic E-state index is 12.6. The Balaban J connectivity index is 1.54. The molecule has 8 heteroatoms. The molecule has 0 aromatic heterocycles. The van der Waals surface area contributed by atoms with Crippen molar-refractivity contribution in [3.63, 3.8) is 0 Å². The van der Waals surface area contributed by atoms with E-state index >= 15 is 0 Å². The third kappa shape index (κ3) is 4.54. The number of carbonyl (C=O) groups is 1. The van der Waals surface area contributed by atoms with Crippen LogP contribution in [-0.4, -0.2) is 49.4 Å². The number of amides is 1. The maximum atomic E-state index is 12.6. The number of rotatable bonds is 6. The number of methoxy groups -OCH3 is 1. The Morgan fingerprint density at radius 3 is 2.63 bits per heavy atom. The summed E-state index contributed by atoms with van der Waals surface area (Å²) < 4.78 is 29.9. The van der Waals surface area contributed by atoms with Crippen LogP contribution in [0.2, 0.25) is 0 Å². The molecule has 1 amide bonds. The van der Waals surface area contributed by atoms with Crippen LogP contribution >= 0.6 is 11.8 Å². The predicted molar refractivity (Wildman–Crippen MR) is 121 cm³/mol. The van der Waals surface area contributed by atoms with Gasteiger partial charge in [-0.15, -0.1) is 0 Å². The molecule has 2 aromatic rings. The molecule has 0 bridgehead atoms. The molecule has 2 heterocycles. The molecule has 0 N–H and O–H groups in total. The van der Waals surface area contributed by atoms with Crippen molar-refractivity contribution < 1.29 is 17.9 Å². The van der Waals surface area contributed by atoms with E-state index in [0.29, 0.717) is 17.3 Å². The molecule has 0 saturated carbocycles. The Morgan fingerprint density at radius 2 is 1.87 bits per heavy atom. The highest BCUT2D eigenvalue weighted by atomic mass is 32.2. The van der Waals surface area contributed by atoms with Crippen LogP contribution in [0, 0.1) is 0 Å². The summed E-state index contributed by atoms with van der Waals surface area (Å²) in [4.78, 5) is 18.9. The monoisotopic (exact) mass is 444 g/mol. The number of aliphatic imine (C=N–C) groups is 1. The van der Waals surface area contributed by atoms with Crippen molar-refractivity contribution in [1.29, 1.82) is 0 Å². The minimum Gasteiger partial charge on any atom is -0.495 e. The van der Waals surface area contributed by atoms with Crippen molar-refractivity contribution in [3.8, 4) is 5.75 Å². The smallest absolute Gasteiger partial charge is 0.248 e. The highest BCUT2D eigenvalue weighted by molar-refractivity contribution is 8.16. The van der Waals surface area contributed by atoms with Gasteiger partial charge < -0.3 is 9.64 Å². The summed E-state index contributed by atoms with van der Waals surface area (Å²) in [6.45, 7) is 0. The van der Waals surface area contributed by atoms with E-state index in [0.717, 1.165) is 18.5 Å². The van der Waals surface area contributed by atoms with Crippen LogP contribution < -0.4 is 9.64 Å². The Bertz CT molecular complexity index is 1050. The standard InChI is InChI=1S/C22H24N2O4S2/c1-28-19-12-6-5-11-17(19)24-18-14-30(26,27)15-20(18)29-22(24)23-21(25)13-7-10-16-8-3-2-4-9-16/h2-6,8-9,11-12,18,20H,7,10,13-15H2,1H3/t18-,20+/m1/s1. The SMILES string of the molecule is COc1ccccc1N1C(=NC(=O)CCCc2ccccc2)S[C@H]2CS(=O)(=O)C[C@H]21. The first kappa shape index (κ1) is 20.9. The molecule has 158 valence electrons. The zero-order valence-corrected chi connectivity index (χ0v) is 18.4. The Hall–Kier alpha value is -2.32. The summed E-state index contributed by atoms with van der Waals surface area (Å²) in [5.41, 5.74) is 1.94. The third-order valence-electron chi connectivity index (χ3n) is 5.33. The summed E-state index contributed by atoms with van der Waals surface area (Å²) in [6.07, 6.45) is 1.90. The van der Waals surface area contributed by atoms with E-state index in [1.54, 1.807) is 7.11 Å². The summed E-state index contributed by atoms with van der Waals surface area (Å²) >= 11 is 1.38. The number of fused-ring (bicyclic) bond motifs is 1. The van der Waals surface area contributed by atoms with Crippen molar-refractivity contribution in [2.75, 3.05) is 23.5 Å². The molecule has 6 nitrogen and oxygen atoms in total. The number of sulfone groups is 1. The van der Waals surface area contributed by atoms with E-state index in [4.69, 9.17) is 4.74 Å². The Labute approximate surface area is 181 Å². The third-order valence-corrected chi connectivity index (χ3v) is 8.54. The van der Waals surface area contributed by atoms with Crippen molar-refractivity contribution in [1.82, 2.24) is 0 Å². The molecule has 2 aromatic carbocycles. The summed E-state index contributed by atoms with van der Waals surface area (Å²) in [7, 11) is -1.53. The number of hydrogen-bond donors (Lipinski definition) is 0. The predicted octanol–water partition coefficient (Wildman–Crippen LogP) is 3.32. The van der Waals surface area contributed by atoms with Crippen molar-refractivity contribution >= 4 is 38.4 Å². The van der Waals surface area contributed by atoms with Crippen LogP contribution in [0.25, 0.3) is 0 Å². The van der Waals surface area contributed by atoms with E-state index in [2.05, 4.69) is 4.99 Å². The van der Waals surface area contributed by atoms with Gasteiger partial charge in [0.1, 0.15) is 5.75 Å². The number of benzene rings is 2. The number of ether oxygens (including phenoxy) is 1. The second-order valence-electron chi connectivity index (χ2n) is 7.47. The Kier molecular flexibility index (Phi) is 6.15. The highest BCUT2D eigenvalue weighted by Crippen LogP contribution is 2.43. The number of thioether (sulfide) groups is 1. The van der Waals surface area contributed by atoms with Crippen molar-refractivity contribution in [2.45, 2.75) is 30.6 Å². The zero-order chi connectivity index (χ0) is 21.1. The van der Waals surface area contributed by atoms with E-state index in [9.17, 15) is 13.2 Å². The van der Waals surface area contributed by atoms with Crippen LogP contribution in [0.5, 0.6) is 5.75 Å². The molecule has 0 spiro atoms. The lowest BCUT2D eigenvalue weighted by Gasteiger charge is -2.26. The van der Waals surface area contributed by atoms with Crippen molar-refractivity contribution in [2.24, 2.45) is 4.99 Å². The molecule has 2 aliphatic heterocycles. The van der Waals surface area contributed by atoms with Gasteiger partial charge in [0.05, 0.1) is 30.3 Å². The molecular weight excluding hydrogens is 420 g/mol. The molecular formula is C22H24N2O4S2. The van der Waals surface area contributed by atoms with Crippen LogP contribution in [0.15, 0.2) is 59.6 Å². The zero-order valence-electron chi connectivity index (χ0n) is 16.7. The first-order chi connectivity index (χ1) is 14.5. The van der Waals surface area contributed by atoms with Crippen LogP contribution in [0.3, 0.4) is 0 Å². The first-order valence-corrected chi connectivity index (χ1v) is 12.6. The number of anilines is 1. The second kappa shape index (κ2) is 8.81. The van der Waals surface area contributed by atoms with E-state index in [-0.39, 0.29) is 28.7 Å². The minimum atomic E-state index is -3.11.